The van der Waals surface area contributed by atoms with Crippen molar-refractivity contribution in [2.24, 2.45) is 5.73 Å². The van der Waals surface area contributed by atoms with Crippen LogP contribution in [-0.2, 0) is 6.54 Å². The highest BCUT2D eigenvalue weighted by Gasteiger charge is 2.03. The maximum atomic E-state index is 10.9. The van der Waals surface area contributed by atoms with E-state index in [1.54, 1.807) is 11.6 Å². The third-order valence-electron chi connectivity index (χ3n) is 1.32. The summed E-state index contributed by atoms with van der Waals surface area (Å²) in [7, 11) is 0. The lowest BCUT2D eigenvalue weighted by Gasteiger charge is -2.06. The molecule has 1 unspecified atom stereocenters. The van der Waals surface area contributed by atoms with Crippen molar-refractivity contribution in [1.82, 2.24) is 4.57 Å². The quantitative estimate of drug-likeness (QED) is 0.632. The molecule has 0 bridgehead atoms. The van der Waals surface area contributed by atoms with Gasteiger partial charge in [-0.05, 0) is 0 Å². The van der Waals surface area contributed by atoms with Gasteiger partial charge >= 0.3 is 4.87 Å². The van der Waals surface area contributed by atoms with Crippen molar-refractivity contribution in [3.63, 3.8) is 0 Å². The molecule has 0 aliphatic rings. The first-order chi connectivity index (χ1) is 5.24. The molecule has 1 heterocycles. The molecule has 0 aliphatic carbocycles. The van der Waals surface area contributed by atoms with Gasteiger partial charge in [-0.2, -0.15) is 0 Å². The monoisotopic (exact) mass is 174 g/mol. The highest BCUT2D eigenvalue weighted by atomic mass is 32.1. The predicted octanol–water partition coefficient (Wildman–Crippen LogP) is -0.771. The van der Waals surface area contributed by atoms with Crippen LogP contribution in [0.5, 0.6) is 0 Å². The molecular weight excluding hydrogens is 164 g/mol. The minimum absolute atomic E-state index is 0.0579. The summed E-state index contributed by atoms with van der Waals surface area (Å²) in [4.78, 5) is 10.8. The van der Waals surface area contributed by atoms with E-state index in [2.05, 4.69) is 0 Å². The molecule has 0 aromatic carbocycles. The van der Waals surface area contributed by atoms with E-state index in [9.17, 15) is 4.79 Å². The standard InChI is InChI=1S/C6H10N2O2S/c7-3-5(9)4-8-1-2-11-6(8)10/h1-2,5,9H,3-4,7H2. The van der Waals surface area contributed by atoms with Gasteiger partial charge < -0.3 is 15.4 Å². The minimum Gasteiger partial charge on any atom is -0.390 e. The van der Waals surface area contributed by atoms with Crippen molar-refractivity contribution in [2.75, 3.05) is 6.54 Å². The van der Waals surface area contributed by atoms with Crippen LogP contribution in [0.1, 0.15) is 0 Å². The van der Waals surface area contributed by atoms with E-state index in [4.69, 9.17) is 10.8 Å². The molecular formula is C6H10N2O2S. The summed E-state index contributed by atoms with van der Waals surface area (Å²) in [5, 5.41) is 10.8. The number of aliphatic hydroxyl groups is 1. The van der Waals surface area contributed by atoms with Crippen molar-refractivity contribution in [3.05, 3.63) is 21.2 Å². The molecule has 1 aromatic rings. The summed E-state index contributed by atoms with van der Waals surface area (Å²) in [5.74, 6) is 0. The van der Waals surface area contributed by atoms with Crippen molar-refractivity contribution in [1.29, 1.82) is 0 Å². The van der Waals surface area contributed by atoms with Crippen molar-refractivity contribution >= 4 is 11.3 Å². The zero-order valence-corrected chi connectivity index (χ0v) is 6.75. The topological polar surface area (TPSA) is 68.2 Å². The molecule has 0 aliphatic heterocycles. The van der Waals surface area contributed by atoms with Gasteiger partial charge in [-0.3, -0.25) is 4.79 Å². The van der Waals surface area contributed by atoms with Crippen LogP contribution in [0.4, 0.5) is 0 Å². The molecule has 0 saturated heterocycles. The Labute approximate surface area is 67.9 Å². The smallest absolute Gasteiger partial charge is 0.307 e. The molecule has 1 rings (SSSR count). The molecule has 5 heteroatoms. The van der Waals surface area contributed by atoms with E-state index in [0.29, 0.717) is 6.54 Å². The van der Waals surface area contributed by atoms with Crippen LogP contribution in [0.3, 0.4) is 0 Å². The second kappa shape index (κ2) is 3.66. The third kappa shape index (κ3) is 2.14. The second-order valence-electron chi connectivity index (χ2n) is 2.21. The van der Waals surface area contributed by atoms with E-state index in [1.807, 2.05) is 0 Å². The summed E-state index contributed by atoms with van der Waals surface area (Å²) in [6.45, 7) is 0.473. The Bertz CT molecular complexity index is 268. The molecule has 3 N–H and O–H groups in total. The number of nitrogens with two attached hydrogens (primary N) is 1. The largest absolute Gasteiger partial charge is 0.390 e. The number of nitrogens with zero attached hydrogens (tertiary/aromatic N) is 1. The van der Waals surface area contributed by atoms with Crippen LogP contribution >= 0.6 is 11.3 Å². The average molecular weight is 174 g/mol. The molecule has 0 radical (unpaired) electrons. The van der Waals surface area contributed by atoms with Crippen LogP contribution in [0, 0.1) is 0 Å². The molecule has 0 fully saturated rings. The Kier molecular flexibility index (Phi) is 2.81. The van der Waals surface area contributed by atoms with Crippen LogP contribution in [0.25, 0.3) is 0 Å². The Morgan fingerprint density at radius 3 is 3.00 bits per heavy atom. The van der Waals surface area contributed by atoms with E-state index < -0.39 is 6.10 Å². The minimum atomic E-state index is -0.623. The SMILES string of the molecule is NCC(O)Cn1ccsc1=O. The highest BCUT2D eigenvalue weighted by molar-refractivity contribution is 7.07. The summed E-state index contributed by atoms with van der Waals surface area (Å²) in [6, 6.07) is 0. The molecule has 62 valence electrons. The maximum Gasteiger partial charge on any atom is 0.307 e. The van der Waals surface area contributed by atoms with Crippen molar-refractivity contribution in [3.8, 4) is 0 Å². The number of hydrogen-bond acceptors (Lipinski definition) is 4. The van der Waals surface area contributed by atoms with Crippen molar-refractivity contribution in [2.45, 2.75) is 12.6 Å². The Morgan fingerprint density at radius 2 is 2.55 bits per heavy atom. The van der Waals surface area contributed by atoms with E-state index in [0.717, 1.165) is 11.3 Å². The fourth-order valence-corrected chi connectivity index (χ4v) is 1.32. The van der Waals surface area contributed by atoms with Crippen LogP contribution in [0.15, 0.2) is 16.4 Å². The molecule has 0 spiro atoms. The Hall–Kier alpha value is -0.650. The first-order valence-electron chi connectivity index (χ1n) is 3.26. The van der Waals surface area contributed by atoms with Gasteiger partial charge in [0.25, 0.3) is 0 Å². The van der Waals surface area contributed by atoms with Gasteiger partial charge in [0.05, 0.1) is 12.6 Å². The molecule has 4 nitrogen and oxygen atoms in total. The van der Waals surface area contributed by atoms with Crippen LogP contribution in [0.2, 0.25) is 0 Å². The number of aromatic nitrogens is 1. The molecule has 0 amide bonds. The molecule has 0 saturated carbocycles. The molecule has 1 atom stereocenters. The Balaban J connectivity index is 2.64. The van der Waals surface area contributed by atoms with E-state index >= 15 is 0 Å². The normalized spacial score (nSPS) is 13.3. The van der Waals surface area contributed by atoms with Crippen LogP contribution in [-0.4, -0.2) is 22.3 Å². The lowest BCUT2D eigenvalue weighted by atomic mass is 10.3. The summed E-state index contributed by atoms with van der Waals surface area (Å²) in [6.07, 6.45) is 1.02. The fraction of sp³-hybridized carbons (Fsp3) is 0.500. The second-order valence-corrected chi connectivity index (χ2v) is 3.07. The molecule has 11 heavy (non-hydrogen) atoms. The van der Waals surface area contributed by atoms with E-state index in [-0.39, 0.29) is 11.4 Å². The summed E-state index contributed by atoms with van der Waals surface area (Å²) >= 11 is 1.11. The predicted molar refractivity (Wildman–Crippen MR) is 43.6 cm³/mol. The van der Waals surface area contributed by atoms with E-state index in [1.165, 1.54) is 4.57 Å². The summed E-state index contributed by atoms with van der Waals surface area (Å²) < 4.78 is 1.45. The number of hydrogen-bond donors (Lipinski definition) is 2. The van der Waals surface area contributed by atoms with Gasteiger partial charge in [-0.1, -0.05) is 11.3 Å². The number of rotatable bonds is 3. The van der Waals surface area contributed by atoms with Gasteiger partial charge in [-0.15, -0.1) is 0 Å². The third-order valence-corrected chi connectivity index (χ3v) is 2.02. The van der Waals surface area contributed by atoms with Gasteiger partial charge in [0, 0.05) is 18.1 Å². The van der Waals surface area contributed by atoms with Gasteiger partial charge in [0.1, 0.15) is 0 Å². The first kappa shape index (κ1) is 8.45. The zero-order chi connectivity index (χ0) is 8.27. The zero-order valence-electron chi connectivity index (χ0n) is 5.93. The lowest BCUT2D eigenvalue weighted by Crippen LogP contribution is -2.28. The maximum absolute atomic E-state index is 10.9. The average Bonchev–Trinajstić information content (AvgIpc) is 2.37. The van der Waals surface area contributed by atoms with Gasteiger partial charge in [0.2, 0.25) is 0 Å². The number of thiazole rings is 1. The summed E-state index contributed by atoms with van der Waals surface area (Å²) in [5.41, 5.74) is 5.18. The van der Waals surface area contributed by atoms with Crippen molar-refractivity contribution < 1.29 is 5.11 Å². The first-order valence-corrected chi connectivity index (χ1v) is 4.14. The fourth-order valence-electron chi connectivity index (χ4n) is 0.728. The molecule has 1 aromatic heterocycles. The number of aliphatic hydroxyl groups excluding tert-OH is 1. The van der Waals surface area contributed by atoms with Gasteiger partial charge in [0.15, 0.2) is 0 Å². The highest BCUT2D eigenvalue weighted by Crippen LogP contribution is 1.91. The van der Waals surface area contributed by atoms with Gasteiger partial charge in [-0.25, -0.2) is 0 Å². The van der Waals surface area contributed by atoms with Crippen LogP contribution < -0.4 is 10.6 Å². The lowest BCUT2D eigenvalue weighted by molar-refractivity contribution is 0.161. The Morgan fingerprint density at radius 1 is 1.82 bits per heavy atom.